The van der Waals surface area contributed by atoms with Crippen molar-refractivity contribution in [2.45, 2.75) is 26.7 Å². The molecule has 0 saturated heterocycles. The molecule has 1 aromatic heterocycles. The number of halogens is 1. The van der Waals surface area contributed by atoms with Crippen LogP contribution in [0, 0.1) is 0 Å². The van der Waals surface area contributed by atoms with Gasteiger partial charge in [0.2, 0.25) is 5.82 Å². The lowest BCUT2D eigenvalue weighted by Crippen LogP contribution is -2.11. The van der Waals surface area contributed by atoms with Crippen LogP contribution in [0.2, 0.25) is 0 Å². The molecule has 3 rings (SSSR count). The summed E-state index contributed by atoms with van der Waals surface area (Å²) in [5, 5.41) is 13.8. The number of hydrogen-bond donors (Lipinski definition) is 1. The number of fused-ring (bicyclic) bond motifs is 1. The molecule has 1 aliphatic heterocycles. The third-order valence-electron chi connectivity index (χ3n) is 4.37. The Hall–Kier alpha value is -2.58. The number of ether oxygens (including phenoxy) is 2. The smallest absolute Gasteiger partial charge is 0.336 e. The molecule has 0 atom stereocenters. The summed E-state index contributed by atoms with van der Waals surface area (Å²) in [5.41, 5.74) is 2.98. The van der Waals surface area contributed by atoms with Crippen LogP contribution in [0.1, 0.15) is 38.1 Å². The Labute approximate surface area is 175 Å². The monoisotopic (exact) mass is 419 g/mol. The van der Waals surface area contributed by atoms with Crippen molar-refractivity contribution in [1.82, 2.24) is 14.8 Å². The van der Waals surface area contributed by atoms with Gasteiger partial charge in [-0.05, 0) is 36.6 Å². The van der Waals surface area contributed by atoms with Crippen LogP contribution >= 0.6 is 11.6 Å². The van der Waals surface area contributed by atoms with E-state index in [1.165, 1.54) is 4.68 Å². The minimum atomic E-state index is -0.143. The highest BCUT2D eigenvalue weighted by Gasteiger charge is 2.33. The number of anilines is 1. The fraction of sp³-hybridized carbons (Fsp3) is 0.450. The van der Waals surface area contributed by atoms with Crippen molar-refractivity contribution in [2.24, 2.45) is 4.99 Å². The van der Waals surface area contributed by atoms with Crippen LogP contribution < -0.4 is 9.64 Å². The van der Waals surface area contributed by atoms with E-state index < -0.39 is 0 Å². The van der Waals surface area contributed by atoms with E-state index in [2.05, 4.69) is 34.9 Å². The van der Waals surface area contributed by atoms with Gasteiger partial charge in [0, 0.05) is 19.8 Å². The summed E-state index contributed by atoms with van der Waals surface area (Å²) in [7, 11) is 4.01. The first kappa shape index (κ1) is 21.1. The standard InChI is InChI=1S/C20H26ClN5O3/c1-6-28-20-23-19-17(29-10-9-27)16(21)18(26(19)24-20)22-15-8-7-13(25(4)5)11-14(15)12(2)3/h7-8,11-12,27H,6,9-10H2,1-5H3/b22-18+. The summed E-state index contributed by atoms with van der Waals surface area (Å²) in [6.07, 6.45) is 0. The van der Waals surface area contributed by atoms with Crippen LogP contribution in [0.25, 0.3) is 5.76 Å². The molecule has 29 heavy (non-hydrogen) atoms. The molecular formula is C20H26ClN5O3. The van der Waals surface area contributed by atoms with Gasteiger partial charge in [0.05, 0.1) is 18.9 Å². The Bertz CT molecular complexity index is 950. The minimum absolute atomic E-state index is 0.0877. The molecule has 0 saturated carbocycles. The first-order valence-corrected chi connectivity index (χ1v) is 9.89. The normalized spacial score (nSPS) is 14.7. The van der Waals surface area contributed by atoms with Gasteiger partial charge in [-0.1, -0.05) is 25.4 Å². The third kappa shape index (κ3) is 4.23. The minimum Gasteiger partial charge on any atom is -0.486 e. The van der Waals surface area contributed by atoms with Gasteiger partial charge in [0.1, 0.15) is 11.6 Å². The average Bonchev–Trinajstić information content (AvgIpc) is 3.18. The molecule has 1 aliphatic rings. The van der Waals surface area contributed by atoms with Crippen molar-refractivity contribution >= 4 is 34.6 Å². The Kier molecular flexibility index (Phi) is 6.44. The molecule has 1 N–H and O–H groups in total. The number of aliphatic hydroxyl groups is 1. The lowest BCUT2D eigenvalue weighted by molar-refractivity contribution is 0.180. The van der Waals surface area contributed by atoms with Gasteiger partial charge in [-0.2, -0.15) is 9.67 Å². The first-order valence-electron chi connectivity index (χ1n) is 9.51. The van der Waals surface area contributed by atoms with Crippen molar-refractivity contribution in [3.05, 3.63) is 34.6 Å². The fourth-order valence-corrected chi connectivity index (χ4v) is 3.20. The van der Waals surface area contributed by atoms with Gasteiger partial charge >= 0.3 is 6.01 Å². The van der Waals surface area contributed by atoms with E-state index in [9.17, 15) is 0 Å². The van der Waals surface area contributed by atoms with Crippen LogP contribution in [0.5, 0.6) is 6.01 Å². The van der Waals surface area contributed by atoms with E-state index >= 15 is 0 Å². The molecule has 0 amide bonds. The van der Waals surface area contributed by atoms with Crippen molar-refractivity contribution in [3.63, 3.8) is 0 Å². The SMILES string of the molecule is CCOc1nc2n(n1)/C(=N/c1ccc(N(C)C)cc1C(C)C)C(Cl)=C2OCCO. The van der Waals surface area contributed by atoms with Crippen molar-refractivity contribution in [2.75, 3.05) is 38.8 Å². The molecule has 0 radical (unpaired) electrons. The van der Waals surface area contributed by atoms with Crippen LogP contribution in [0.3, 0.4) is 0 Å². The molecule has 156 valence electrons. The maximum absolute atomic E-state index is 9.13. The van der Waals surface area contributed by atoms with Crippen LogP contribution in [-0.4, -0.2) is 59.6 Å². The highest BCUT2D eigenvalue weighted by molar-refractivity contribution is 6.47. The fourth-order valence-electron chi connectivity index (χ4n) is 2.94. The number of hydrogen-bond acceptors (Lipinski definition) is 7. The molecule has 8 nitrogen and oxygen atoms in total. The lowest BCUT2D eigenvalue weighted by atomic mass is 10.0. The Morgan fingerprint density at radius 2 is 2.03 bits per heavy atom. The van der Waals surface area contributed by atoms with Gasteiger partial charge in [-0.15, -0.1) is 5.10 Å². The summed E-state index contributed by atoms with van der Waals surface area (Å²) in [6, 6.07) is 6.31. The summed E-state index contributed by atoms with van der Waals surface area (Å²) < 4.78 is 12.5. The van der Waals surface area contributed by atoms with Crippen molar-refractivity contribution in [3.8, 4) is 6.01 Å². The predicted molar refractivity (Wildman–Crippen MR) is 114 cm³/mol. The summed E-state index contributed by atoms with van der Waals surface area (Å²) in [6.45, 7) is 6.47. The average molecular weight is 420 g/mol. The molecule has 0 unspecified atom stereocenters. The lowest BCUT2D eigenvalue weighted by Gasteiger charge is -2.17. The number of aliphatic imine (C=N–C) groups is 1. The molecule has 0 spiro atoms. The van der Waals surface area contributed by atoms with E-state index in [0.717, 1.165) is 16.9 Å². The zero-order chi connectivity index (χ0) is 21.1. The van der Waals surface area contributed by atoms with Gasteiger partial charge in [0.15, 0.2) is 11.6 Å². The van der Waals surface area contributed by atoms with Crippen LogP contribution in [0.15, 0.2) is 28.2 Å². The Morgan fingerprint density at radius 3 is 2.66 bits per heavy atom. The third-order valence-corrected chi connectivity index (χ3v) is 4.71. The zero-order valence-corrected chi connectivity index (χ0v) is 18.1. The second-order valence-corrected chi connectivity index (χ2v) is 7.38. The van der Waals surface area contributed by atoms with E-state index in [1.54, 1.807) is 0 Å². The molecule has 9 heteroatoms. The maximum atomic E-state index is 9.13. The number of rotatable bonds is 8. The second kappa shape index (κ2) is 8.84. The predicted octanol–water partition coefficient (Wildman–Crippen LogP) is 3.37. The highest BCUT2D eigenvalue weighted by Crippen LogP contribution is 2.36. The quantitative estimate of drug-likeness (QED) is 0.706. The van der Waals surface area contributed by atoms with E-state index in [1.807, 2.05) is 33.2 Å². The zero-order valence-electron chi connectivity index (χ0n) is 17.3. The summed E-state index contributed by atoms with van der Waals surface area (Å²) in [5.74, 6) is 1.40. The summed E-state index contributed by atoms with van der Waals surface area (Å²) in [4.78, 5) is 11.2. The van der Waals surface area contributed by atoms with Gasteiger partial charge in [-0.3, -0.25) is 0 Å². The topological polar surface area (TPSA) is 85.0 Å². The molecule has 2 heterocycles. The van der Waals surface area contributed by atoms with Gasteiger partial charge in [0.25, 0.3) is 0 Å². The molecule has 0 aliphatic carbocycles. The van der Waals surface area contributed by atoms with E-state index in [0.29, 0.717) is 29.1 Å². The number of allylic oxidation sites excluding steroid dienone is 1. The van der Waals surface area contributed by atoms with Crippen LogP contribution in [-0.2, 0) is 4.74 Å². The largest absolute Gasteiger partial charge is 0.486 e. The molecule has 1 aromatic carbocycles. The second-order valence-electron chi connectivity index (χ2n) is 7.01. The molecule has 2 aromatic rings. The van der Waals surface area contributed by atoms with E-state index in [-0.39, 0.29) is 25.1 Å². The van der Waals surface area contributed by atoms with Crippen molar-refractivity contribution < 1.29 is 14.6 Å². The number of benzene rings is 1. The Balaban J connectivity index is 2.12. The highest BCUT2D eigenvalue weighted by atomic mass is 35.5. The maximum Gasteiger partial charge on any atom is 0.336 e. The van der Waals surface area contributed by atoms with Gasteiger partial charge in [-0.25, -0.2) is 4.99 Å². The summed E-state index contributed by atoms with van der Waals surface area (Å²) >= 11 is 6.57. The first-order chi connectivity index (χ1) is 13.9. The van der Waals surface area contributed by atoms with Crippen LogP contribution in [0.4, 0.5) is 11.4 Å². The number of aromatic nitrogens is 3. The Morgan fingerprint density at radius 1 is 1.28 bits per heavy atom. The molecule has 0 bridgehead atoms. The van der Waals surface area contributed by atoms with E-state index in [4.69, 9.17) is 31.2 Å². The number of nitrogens with zero attached hydrogens (tertiary/aromatic N) is 5. The van der Waals surface area contributed by atoms with Crippen molar-refractivity contribution in [1.29, 1.82) is 0 Å². The number of aliphatic hydroxyl groups excluding tert-OH is 1. The van der Waals surface area contributed by atoms with Gasteiger partial charge < -0.3 is 19.5 Å². The molecule has 0 fully saturated rings. The molecular weight excluding hydrogens is 394 g/mol.